The fourth-order valence-corrected chi connectivity index (χ4v) is 2.44. The van der Waals surface area contributed by atoms with Crippen molar-refractivity contribution in [3.8, 4) is 11.5 Å². The summed E-state index contributed by atoms with van der Waals surface area (Å²) >= 11 is 1.04. The van der Waals surface area contributed by atoms with Crippen LogP contribution in [0.15, 0.2) is 23.6 Å². The van der Waals surface area contributed by atoms with E-state index in [4.69, 9.17) is 0 Å². The van der Waals surface area contributed by atoms with Crippen molar-refractivity contribution >= 4 is 11.3 Å². The summed E-state index contributed by atoms with van der Waals surface area (Å²) in [5, 5.41) is 12.4. The van der Waals surface area contributed by atoms with E-state index in [-0.39, 0.29) is 17.0 Å². The highest BCUT2D eigenvalue weighted by Gasteiger charge is 2.34. The highest BCUT2D eigenvalue weighted by atomic mass is 32.1. The molecule has 1 radical (unpaired) electrons. The highest BCUT2D eigenvalue weighted by Crippen LogP contribution is 2.33. The zero-order valence-corrected chi connectivity index (χ0v) is 12.4. The quantitative estimate of drug-likeness (QED) is 0.728. The first-order valence-corrected chi connectivity index (χ1v) is 7.09. The Hall–Kier alpha value is -2.01. The molecule has 0 aliphatic rings. The van der Waals surface area contributed by atoms with Crippen molar-refractivity contribution in [1.82, 2.24) is 4.98 Å². The second kappa shape index (κ2) is 6.85. The number of halogens is 6. The lowest BCUT2D eigenvalue weighted by molar-refractivity contribution is -0.276. The Balaban J connectivity index is 2.30. The van der Waals surface area contributed by atoms with Gasteiger partial charge >= 0.3 is 12.7 Å². The lowest BCUT2D eigenvalue weighted by Gasteiger charge is -2.15. The number of aromatic nitrogens is 1. The lowest BCUT2D eigenvalue weighted by Crippen LogP contribution is -2.19. The van der Waals surface area contributed by atoms with Crippen LogP contribution in [0.25, 0.3) is 0 Å². The fraction of sp³-hybridized carbons (Fsp3) is 0.308. The molecular weight excluding hydrogens is 364 g/mol. The fourth-order valence-electron chi connectivity index (χ4n) is 1.79. The first-order chi connectivity index (χ1) is 11.1. The Labute approximate surface area is 135 Å². The Morgan fingerprint density at radius 1 is 1.04 bits per heavy atom. The van der Waals surface area contributed by atoms with E-state index in [1.807, 2.05) is 0 Å². The monoisotopic (exact) mass is 372 g/mol. The van der Waals surface area contributed by atoms with Crippen LogP contribution in [0.3, 0.4) is 0 Å². The van der Waals surface area contributed by atoms with Gasteiger partial charge in [-0.2, -0.15) is 0 Å². The van der Waals surface area contributed by atoms with E-state index < -0.39 is 30.8 Å². The maximum atomic E-state index is 12.4. The van der Waals surface area contributed by atoms with E-state index in [1.54, 1.807) is 0 Å². The van der Waals surface area contributed by atoms with Gasteiger partial charge in [0.2, 0.25) is 0 Å². The smallest absolute Gasteiger partial charge is 0.406 e. The SMILES string of the molecule is [O]Cc1nc(Cc2ccc(OC(F)(F)F)cc2OC(F)(F)F)cs1. The predicted molar refractivity (Wildman–Crippen MR) is 69.1 cm³/mol. The molecule has 24 heavy (non-hydrogen) atoms. The van der Waals surface area contributed by atoms with Crippen LogP contribution in [0.4, 0.5) is 26.3 Å². The van der Waals surface area contributed by atoms with Crippen LogP contribution in [0, 0.1) is 0 Å². The third-order valence-electron chi connectivity index (χ3n) is 2.59. The minimum Gasteiger partial charge on any atom is -0.406 e. The zero-order chi connectivity index (χ0) is 18.0. The van der Waals surface area contributed by atoms with Crippen LogP contribution in [-0.2, 0) is 18.1 Å². The molecule has 1 heterocycles. The van der Waals surface area contributed by atoms with Crippen molar-refractivity contribution in [3.63, 3.8) is 0 Å². The topological polar surface area (TPSA) is 51.2 Å². The molecule has 0 saturated heterocycles. The second-order valence-corrected chi connectivity index (χ2v) is 5.36. The molecule has 0 unspecified atom stereocenters. The van der Waals surface area contributed by atoms with Crippen LogP contribution < -0.4 is 9.47 Å². The minimum atomic E-state index is -5.09. The Kier molecular flexibility index (Phi) is 5.23. The summed E-state index contributed by atoms with van der Waals surface area (Å²) in [4.78, 5) is 3.90. The Morgan fingerprint density at radius 2 is 1.71 bits per heavy atom. The maximum Gasteiger partial charge on any atom is 0.573 e. The number of rotatable bonds is 5. The summed E-state index contributed by atoms with van der Waals surface area (Å²) in [6.45, 7) is -0.574. The van der Waals surface area contributed by atoms with Gasteiger partial charge in [-0.15, -0.1) is 37.7 Å². The molecule has 2 rings (SSSR count). The van der Waals surface area contributed by atoms with Gasteiger partial charge in [0.05, 0.1) is 5.69 Å². The summed E-state index contributed by atoms with van der Waals surface area (Å²) in [6.07, 6.45) is -10.3. The van der Waals surface area contributed by atoms with Crippen molar-refractivity contribution < 1.29 is 40.9 Å². The van der Waals surface area contributed by atoms with Crippen molar-refractivity contribution in [2.75, 3.05) is 0 Å². The van der Waals surface area contributed by atoms with E-state index in [9.17, 15) is 31.4 Å². The highest BCUT2D eigenvalue weighted by molar-refractivity contribution is 7.09. The number of alkyl halides is 6. The summed E-state index contributed by atoms with van der Waals surface area (Å²) in [6, 6.07) is 2.38. The van der Waals surface area contributed by atoms with Gasteiger partial charge in [0.1, 0.15) is 23.1 Å². The molecule has 11 heteroatoms. The number of hydrogen-bond acceptors (Lipinski definition) is 4. The normalized spacial score (nSPS) is 12.3. The second-order valence-electron chi connectivity index (χ2n) is 4.42. The van der Waals surface area contributed by atoms with E-state index >= 15 is 0 Å². The Morgan fingerprint density at radius 3 is 2.25 bits per heavy atom. The molecule has 0 aliphatic heterocycles. The van der Waals surface area contributed by atoms with Crippen LogP contribution in [0.5, 0.6) is 11.5 Å². The summed E-state index contributed by atoms with van der Waals surface area (Å²) in [7, 11) is 0. The van der Waals surface area contributed by atoms with Gasteiger partial charge in [0.25, 0.3) is 0 Å². The molecule has 0 aliphatic carbocycles. The molecular formula is C13H8F6NO3S. The summed E-state index contributed by atoms with van der Waals surface area (Å²) in [5.74, 6) is -1.68. The molecule has 2 aromatic rings. The van der Waals surface area contributed by atoms with E-state index in [0.717, 1.165) is 23.5 Å². The van der Waals surface area contributed by atoms with Gasteiger partial charge in [-0.05, 0) is 6.07 Å². The van der Waals surface area contributed by atoms with Gasteiger partial charge in [-0.25, -0.2) is 10.1 Å². The third-order valence-corrected chi connectivity index (χ3v) is 3.46. The number of ether oxygens (including phenoxy) is 2. The van der Waals surface area contributed by atoms with E-state index in [0.29, 0.717) is 11.8 Å². The molecule has 0 N–H and O–H groups in total. The predicted octanol–water partition coefficient (Wildman–Crippen LogP) is 4.46. The number of hydrogen-bond donors (Lipinski definition) is 0. The van der Waals surface area contributed by atoms with Gasteiger partial charge < -0.3 is 9.47 Å². The van der Waals surface area contributed by atoms with Crippen LogP contribution in [0.2, 0.25) is 0 Å². The molecule has 4 nitrogen and oxygen atoms in total. The first kappa shape index (κ1) is 18.3. The molecule has 131 valence electrons. The molecule has 1 aromatic heterocycles. The number of nitrogens with zero attached hydrogens (tertiary/aromatic N) is 1. The van der Waals surface area contributed by atoms with E-state index in [2.05, 4.69) is 14.5 Å². The largest absolute Gasteiger partial charge is 0.573 e. The molecule has 1 aromatic carbocycles. The van der Waals surface area contributed by atoms with Gasteiger partial charge in [-0.3, -0.25) is 0 Å². The summed E-state index contributed by atoms with van der Waals surface area (Å²) < 4.78 is 81.2. The molecule has 0 spiro atoms. The average Bonchev–Trinajstić information content (AvgIpc) is 2.86. The summed E-state index contributed by atoms with van der Waals surface area (Å²) in [5.41, 5.74) is 0.256. The minimum absolute atomic E-state index is 0.0513. The molecule has 0 saturated carbocycles. The van der Waals surface area contributed by atoms with Crippen molar-refractivity contribution in [3.05, 3.63) is 39.8 Å². The average molecular weight is 372 g/mol. The zero-order valence-electron chi connectivity index (χ0n) is 11.6. The standard InChI is InChI=1S/C13H8F6NO3S/c14-12(15,16)22-9-2-1-7(10(4-9)23-13(17,18)19)3-8-6-24-11(5-21)20-8/h1-2,4,6H,3,5H2. The lowest BCUT2D eigenvalue weighted by atomic mass is 10.1. The third kappa shape index (κ3) is 5.57. The van der Waals surface area contributed by atoms with Crippen molar-refractivity contribution in [2.24, 2.45) is 0 Å². The van der Waals surface area contributed by atoms with Gasteiger partial charge in [-0.1, -0.05) is 6.07 Å². The van der Waals surface area contributed by atoms with Crippen LogP contribution >= 0.6 is 11.3 Å². The van der Waals surface area contributed by atoms with Crippen LogP contribution in [-0.4, -0.2) is 17.7 Å². The van der Waals surface area contributed by atoms with Crippen molar-refractivity contribution in [1.29, 1.82) is 0 Å². The van der Waals surface area contributed by atoms with Gasteiger partial charge in [0.15, 0.2) is 0 Å². The maximum absolute atomic E-state index is 12.4. The molecule has 0 amide bonds. The first-order valence-electron chi connectivity index (χ1n) is 6.21. The molecule has 0 atom stereocenters. The van der Waals surface area contributed by atoms with Crippen LogP contribution in [0.1, 0.15) is 16.3 Å². The molecule has 0 fully saturated rings. The molecule has 0 bridgehead atoms. The van der Waals surface area contributed by atoms with Crippen molar-refractivity contribution in [2.45, 2.75) is 25.8 Å². The van der Waals surface area contributed by atoms with Gasteiger partial charge in [0, 0.05) is 23.4 Å². The number of thiazole rings is 1. The van der Waals surface area contributed by atoms with E-state index in [1.165, 1.54) is 5.38 Å². The number of benzene rings is 1. The Bertz CT molecular complexity index is 698.